The van der Waals surface area contributed by atoms with Gasteiger partial charge in [-0.1, -0.05) is 38.3 Å². The minimum atomic E-state index is -0.508. The summed E-state index contributed by atoms with van der Waals surface area (Å²) in [6.45, 7) is 3.67. The maximum absolute atomic E-state index is 13.3. The number of benzene rings is 1. The third kappa shape index (κ3) is 4.90. The Morgan fingerprint density at radius 2 is 1.85 bits per heavy atom. The number of amides is 2. The molecule has 4 rings (SSSR count). The third-order valence-electron chi connectivity index (χ3n) is 6.53. The molecule has 1 aliphatic rings. The van der Waals surface area contributed by atoms with E-state index in [1.807, 2.05) is 13.8 Å². The van der Waals surface area contributed by atoms with Gasteiger partial charge < -0.3 is 10.6 Å². The maximum atomic E-state index is 13.3. The molecule has 1 fully saturated rings. The Bertz CT molecular complexity index is 1310. The zero-order valence-corrected chi connectivity index (χ0v) is 19.7. The molecule has 2 aromatic heterocycles. The van der Waals surface area contributed by atoms with Crippen LogP contribution in [0.15, 0.2) is 33.9 Å². The number of nitrogens with one attached hydrogen (secondary N) is 2. The van der Waals surface area contributed by atoms with E-state index in [0.29, 0.717) is 10.9 Å². The van der Waals surface area contributed by atoms with E-state index in [9.17, 15) is 19.2 Å². The molecule has 0 bridgehead atoms. The highest BCUT2D eigenvalue weighted by molar-refractivity contribution is 5.80. The van der Waals surface area contributed by atoms with Crippen molar-refractivity contribution in [2.75, 3.05) is 0 Å². The first kappa shape index (κ1) is 23.7. The molecule has 0 unspecified atom stereocenters. The van der Waals surface area contributed by atoms with Gasteiger partial charge in [-0.05, 0) is 38.3 Å². The summed E-state index contributed by atoms with van der Waals surface area (Å²) in [4.78, 5) is 51.4. The molecule has 1 aliphatic carbocycles. The van der Waals surface area contributed by atoms with E-state index in [1.54, 1.807) is 24.3 Å². The van der Waals surface area contributed by atoms with Gasteiger partial charge in [0.15, 0.2) is 0 Å². The first-order valence-corrected chi connectivity index (χ1v) is 12.1. The zero-order valence-electron chi connectivity index (χ0n) is 19.7. The molecule has 0 saturated heterocycles. The molecular formula is C24H32N6O4. The molecule has 0 spiro atoms. The zero-order chi connectivity index (χ0) is 24.2. The van der Waals surface area contributed by atoms with Gasteiger partial charge >= 0.3 is 5.69 Å². The number of aryl methyl sites for hydroxylation is 1. The Morgan fingerprint density at radius 1 is 1.12 bits per heavy atom. The van der Waals surface area contributed by atoms with Gasteiger partial charge in [0.2, 0.25) is 17.6 Å². The van der Waals surface area contributed by atoms with Crippen LogP contribution in [0.3, 0.4) is 0 Å². The summed E-state index contributed by atoms with van der Waals surface area (Å²) in [5, 5.41) is 10.6. The van der Waals surface area contributed by atoms with Crippen molar-refractivity contribution in [1.82, 2.24) is 29.4 Å². The van der Waals surface area contributed by atoms with E-state index >= 15 is 0 Å². The monoisotopic (exact) mass is 468 g/mol. The molecular weight excluding hydrogens is 436 g/mol. The normalized spacial score (nSPS) is 15.5. The molecule has 2 N–H and O–H groups in total. The Labute approximate surface area is 196 Å². The van der Waals surface area contributed by atoms with Crippen LogP contribution in [0.25, 0.3) is 16.7 Å². The number of aromatic nitrogens is 4. The first-order valence-electron chi connectivity index (χ1n) is 12.1. The second-order valence-corrected chi connectivity index (χ2v) is 9.08. The molecule has 34 heavy (non-hydrogen) atoms. The van der Waals surface area contributed by atoms with Crippen LogP contribution < -0.4 is 21.9 Å². The first-order chi connectivity index (χ1) is 16.4. The van der Waals surface area contributed by atoms with Crippen molar-refractivity contribution in [3.63, 3.8) is 0 Å². The maximum Gasteiger partial charge on any atom is 0.352 e. The molecule has 182 valence electrons. The Hall–Kier alpha value is -3.43. The van der Waals surface area contributed by atoms with Gasteiger partial charge in [0.05, 0.1) is 10.9 Å². The van der Waals surface area contributed by atoms with Crippen LogP contribution in [0.2, 0.25) is 0 Å². The molecule has 2 amide bonds. The van der Waals surface area contributed by atoms with Crippen molar-refractivity contribution in [1.29, 1.82) is 0 Å². The highest BCUT2D eigenvalue weighted by Crippen LogP contribution is 2.17. The molecule has 10 heteroatoms. The molecule has 0 aliphatic heterocycles. The number of hydrogen-bond donors (Lipinski definition) is 2. The standard InChI is InChI=1S/C24H32N6O4/c1-3-16(2)25-21(32)15-29-24(34)30-19-12-8-7-11-18(19)22(33)28(23(30)27-29)14-13-20(31)26-17-9-5-4-6-10-17/h7-8,11-12,16-17H,3-6,9-10,13-15H2,1-2H3,(H,25,32)(H,26,31)/t16-/m1/s1. The van der Waals surface area contributed by atoms with Crippen LogP contribution in [-0.4, -0.2) is 42.6 Å². The molecule has 0 radical (unpaired) electrons. The van der Waals surface area contributed by atoms with E-state index in [2.05, 4.69) is 15.7 Å². The number of para-hydroxylation sites is 1. The molecule has 3 aromatic rings. The van der Waals surface area contributed by atoms with E-state index in [4.69, 9.17) is 0 Å². The van der Waals surface area contributed by atoms with Crippen molar-refractivity contribution in [3.05, 3.63) is 45.1 Å². The molecule has 2 heterocycles. The van der Waals surface area contributed by atoms with Crippen molar-refractivity contribution in [3.8, 4) is 0 Å². The average molecular weight is 469 g/mol. The lowest BCUT2D eigenvalue weighted by Gasteiger charge is -2.22. The molecule has 1 aromatic carbocycles. The number of carbonyl (C=O) groups is 2. The predicted molar refractivity (Wildman–Crippen MR) is 129 cm³/mol. The third-order valence-corrected chi connectivity index (χ3v) is 6.53. The number of fused-ring (bicyclic) bond motifs is 3. The van der Waals surface area contributed by atoms with Gasteiger partial charge in [-0.25, -0.2) is 13.9 Å². The van der Waals surface area contributed by atoms with Crippen LogP contribution in [0.5, 0.6) is 0 Å². The van der Waals surface area contributed by atoms with Crippen molar-refractivity contribution in [2.24, 2.45) is 0 Å². The number of hydrogen-bond acceptors (Lipinski definition) is 5. The van der Waals surface area contributed by atoms with Gasteiger partial charge in [-0.2, -0.15) is 0 Å². The van der Waals surface area contributed by atoms with Crippen molar-refractivity contribution >= 4 is 28.5 Å². The van der Waals surface area contributed by atoms with Gasteiger partial charge in [0.1, 0.15) is 6.54 Å². The molecule has 1 atom stereocenters. The largest absolute Gasteiger partial charge is 0.353 e. The number of carbonyl (C=O) groups excluding carboxylic acids is 2. The van der Waals surface area contributed by atoms with Gasteiger partial charge in [0.25, 0.3) is 5.56 Å². The lowest BCUT2D eigenvalue weighted by Crippen LogP contribution is -2.37. The van der Waals surface area contributed by atoms with Crippen LogP contribution in [-0.2, 0) is 22.7 Å². The minimum absolute atomic E-state index is 0.0260. The fourth-order valence-corrected chi connectivity index (χ4v) is 4.49. The highest BCUT2D eigenvalue weighted by atomic mass is 16.2. The van der Waals surface area contributed by atoms with Crippen molar-refractivity contribution < 1.29 is 9.59 Å². The summed E-state index contributed by atoms with van der Waals surface area (Å²) in [6, 6.07) is 6.95. The second kappa shape index (κ2) is 10.2. The van der Waals surface area contributed by atoms with Crippen molar-refractivity contribution in [2.45, 2.75) is 84.0 Å². The van der Waals surface area contributed by atoms with E-state index < -0.39 is 5.69 Å². The number of rotatable bonds is 8. The van der Waals surface area contributed by atoms with Gasteiger partial charge in [-0.3, -0.25) is 19.0 Å². The topological polar surface area (TPSA) is 120 Å². The summed E-state index contributed by atoms with van der Waals surface area (Å²) in [7, 11) is 0. The van der Waals surface area contributed by atoms with Crippen LogP contribution in [0.4, 0.5) is 0 Å². The van der Waals surface area contributed by atoms with E-state index in [0.717, 1.165) is 36.8 Å². The Kier molecular flexibility index (Phi) is 7.14. The lowest BCUT2D eigenvalue weighted by molar-refractivity contribution is -0.123. The predicted octanol–water partition coefficient (Wildman–Crippen LogP) is 1.56. The smallest absolute Gasteiger partial charge is 0.352 e. The van der Waals surface area contributed by atoms with Crippen LogP contribution in [0, 0.1) is 0 Å². The number of nitrogens with zero attached hydrogens (tertiary/aromatic N) is 4. The lowest BCUT2D eigenvalue weighted by atomic mass is 9.95. The van der Waals surface area contributed by atoms with E-state index in [-0.39, 0.29) is 54.7 Å². The molecule has 10 nitrogen and oxygen atoms in total. The fourth-order valence-electron chi connectivity index (χ4n) is 4.49. The SMILES string of the molecule is CC[C@@H](C)NC(=O)Cn1nc2n(CCC(=O)NC3CCCCC3)c(=O)c3ccccc3n2c1=O. The summed E-state index contributed by atoms with van der Waals surface area (Å²) < 4.78 is 3.76. The van der Waals surface area contributed by atoms with E-state index in [1.165, 1.54) is 15.4 Å². The van der Waals surface area contributed by atoms with Crippen LogP contribution >= 0.6 is 0 Å². The van der Waals surface area contributed by atoms with Gasteiger partial charge in [-0.15, -0.1) is 5.10 Å². The fraction of sp³-hybridized carbons (Fsp3) is 0.542. The highest BCUT2D eigenvalue weighted by Gasteiger charge is 2.20. The molecule has 1 saturated carbocycles. The quantitative estimate of drug-likeness (QED) is 0.520. The summed E-state index contributed by atoms with van der Waals surface area (Å²) in [5.41, 5.74) is -0.412. The Morgan fingerprint density at radius 3 is 2.59 bits per heavy atom. The summed E-state index contributed by atoms with van der Waals surface area (Å²) in [6.07, 6.45) is 6.23. The summed E-state index contributed by atoms with van der Waals surface area (Å²) >= 11 is 0. The van der Waals surface area contributed by atoms with Gasteiger partial charge in [0, 0.05) is 25.0 Å². The average Bonchev–Trinajstić information content (AvgIpc) is 3.15. The Balaban J connectivity index is 1.67. The summed E-state index contributed by atoms with van der Waals surface area (Å²) in [5.74, 6) is -0.333. The second-order valence-electron chi connectivity index (χ2n) is 9.08. The minimum Gasteiger partial charge on any atom is -0.353 e. The van der Waals surface area contributed by atoms with Crippen LogP contribution in [0.1, 0.15) is 58.8 Å².